The van der Waals surface area contributed by atoms with E-state index in [4.69, 9.17) is 0 Å². The summed E-state index contributed by atoms with van der Waals surface area (Å²) in [7, 11) is 1.59. The first-order chi connectivity index (χ1) is 5.81. The van der Waals surface area contributed by atoms with Crippen molar-refractivity contribution in [3.8, 4) is 0 Å². The molecule has 4 nitrogen and oxygen atoms in total. The highest BCUT2D eigenvalue weighted by Crippen LogP contribution is 2.15. The third-order valence-corrected chi connectivity index (χ3v) is 2.22. The predicted molar refractivity (Wildman–Crippen MR) is 51.1 cm³/mol. The van der Waals surface area contributed by atoms with Gasteiger partial charge >= 0.3 is 0 Å². The van der Waals surface area contributed by atoms with Crippen LogP contribution in [0.15, 0.2) is 0 Å². The summed E-state index contributed by atoms with van der Waals surface area (Å²) in [6.07, 6.45) is 0. The lowest BCUT2D eigenvalue weighted by molar-refractivity contribution is -0.127. The number of rotatable bonds is 3. The summed E-state index contributed by atoms with van der Waals surface area (Å²) in [5.41, 5.74) is -0.508. The molecule has 0 aliphatic rings. The van der Waals surface area contributed by atoms with E-state index in [2.05, 4.69) is 10.6 Å². The number of carbonyl (C=O) groups excluding carboxylic acids is 2. The van der Waals surface area contributed by atoms with Crippen LogP contribution < -0.4 is 10.6 Å². The topological polar surface area (TPSA) is 58.2 Å². The fraction of sp³-hybridized carbons (Fsp3) is 0.778. The molecule has 0 radical (unpaired) electrons. The van der Waals surface area contributed by atoms with Gasteiger partial charge in [0.05, 0.1) is 5.92 Å². The maximum absolute atomic E-state index is 11.3. The highest BCUT2D eigenvalue weighted by atomic mass is 16.2. The first-order valence-corrected chi connectivity index (χ1v) is 4.31. The Morgan fingerprint density at radius 1 is 1.31 bits per heavy atom. The Morgan fingerprint density at radius 3 is 2.08 bits per heavy atom. The highest BCUT2D eigenvalue weighted by molar-refractivity contribution is 5.81. The SMILES string of the molecule is CNC(=O)[C@@H](C)C(C)(C)NC(C)=O. The minimum absolute atomic E-state index is 0.0706. The zero-order chi connectivity index (χ0) is 10.6. The Labute approximate surface area is 79.1 Å². The van der Waals surface area contributed by atoms with Gasteiger partial charge in [0.25, 0.3) is 0 Å². The van der Waals surface area contributed by atoms with Crippen LogP contribution in [-0.2, 0) is 9.59 Å². The van der Waals surface area contributed by atoms with E-state index in [1.54, 1.807) is 14.0 Å². The maximum Gasteiger partial charge on any atom is 0.224 e. The van der Waals surface area contributed by atoms with Crippen molar-refractivity contribution in [1.29, 1.82) is 0 Å². The predicted octanol–water partition coefficient (Wildman–Crippen LogP) is 0.283. The molecule has 0 bridgehead atoms. The third-order valence-electron chi connectivity index (χ3n) is 2.22. The zero-order valence-corrected chi connectivity index (χ0v) is 8.89. The minimum Gasteiger partial charge on any atom is -0.359 e. The molecule has 0 saturated carbocycles. The molecule has 0 aliphatic heterocycles. The smallest absolute Gasteiger partial charge is 0.224 e. The van der Waals surface area contributed by atoms with Crippen LogP contribution in [0.1, 0.15) is 27.7 Å². The summed E-state index contributed by atoms with van der Waals surface area (Å²) in [5, 5.41) is 5.29. The van der Waals surface area contributed by atoms with Crippen molar-refractivity contribution in [2.75, 3.05) is 7.05 Å². The normalized spacial score (nSPS) is 13.3. The molecule has 0 fully saturated rings. The molecule has 0 saturated heterocycles. The van der Waals surface area contributed by atoms with Crippen LogP contribution in [-0.4, -0.2) is 24.4 Å². The maximum atomic E-state index is 11.3. The Morgan fingerprint density at radius 2 is 1.77 bits per heavy atom. The molecule has 0 heterocycles. The van der Waals surface area contributed by atoms with Gasteiger partial charge in [-0.1, -0.05) is 6.92 Å². The first kappa shape index (κ1) is 11.9. The van der Waals surface area contributed by atoms with Gasteiger partial charge < -0.3 is 10.6 Å². The van der Waals surface area contributed by atoms with Crippen molar-refractivity contribution in [3.63, 3.8) is 0 Å². The van der Waals surface area contributed by atoms with Crippen molar-refractivity contribution < 1.29 is 9.59 Å². The van der Waals surface area contributed by atoms with E-state index in [1.807, 2.05) is 13.8 Å². The summed E-state index contributed by atoms with van der Waals surface area (Å²) in [5.74, 6) is -0.444. The number of amides is 2. The number of nitrogens with one attached hydrogen (secondary N) is 2. The quantitative estimate of drug-likeness (QED) is 0.665. The van der Waals surface area contributed by atoms with Crippen LogP contribution in [0.4, 0.5) is 0 Å². The van der Waals surface area contributed by atoms with E-state index in [0.717, 1.165) is 0 Å². The Kier molecular flexibility index (Phi) is 3.91. The molecule has 2 N–H and O–H groups in total. The zero-order valence-electron chi connectivity index (χ0n) is 8.89. The van der Waals surface area contributed by atoms with Gasteiger partial charge in [-0.2, -0.15) is 0 Å². The summed E-state index contributed by atoms with van der Waals surface area (Å²) in [6, 6.07) is 0. The number of hydrogen-bond donors (Lipinski definition) is 2. The molecular weight excluding hydrogens is 168 g/mol. The third kappa shape index (κ3) is 3.44. The van der Waals surface area contributed by atoms with E-state index in [0.29, 0.717) is 0 Å². The van der Waals surface area contributed by atoms with Crippen molar-refractivity contribution in [3.05, 3.63) is 0 Å². The van der Waals surface area contributed by atoms with E-state index in [1.165, 1.54) is 6.92 Å². The van der Waals surface area contributed by atoms with Gasteiger partial charge in [0.1, 0.15) is 0 Å². The van der Waals surface area contributed by atoms with Gasteiger partial charge in [0.15, 0.2) is 0 Å². The molecule has 0 unspecified atom stereocenters. The van der Waals surface area contributed by atoms with Gasteiger partial charge in [-0.25, -0.2) is 0 Å². The average Bonchev–Trinajstić information content (AvgIpc) is 1.99. The summed E-state index contributed by atoms with van der Waals surface area (Å²) in [4.78, 5) is 22.1. The number of carbonyl (C=O) groups is 2. The van der Waals surface area contributed by atoms with E-state index in [9.17, 15) is 9.59 Å². The van der Waals surface area contributed by atoms with Gasteiger partial charge in [-0.15, -0.1) is 0 Å². The van der Waals surface area contributed by atoms with E-state index >= 15 is 0 Å². The second-order valence-corrected chi connectivity index (χ2v) is 3.74. The minimum atomic E-state index is -0.508. The molecular formula is C9H18N2O2. The molecule has 0 aromatic carbocycles. The standard InChI is InChI=1S/C9H18N2O2/c1-6(8(13)10-5)9(3,4)11-7(2)12/h6H,1-5H3,(H,10,13)(H,11,12)/t6-/m1/s1. The van der Waals surface area contributed by atoms with E-state index in [-0.39, 0.29) is 17.7 Å². The molecule has 0 aliphatic carbocycles. The molecule has 1 atom stereocenters. The Hall–Kier alpha value is -1.06. The molecule has 0 rings (SSSR count). The molecule has 13 heavy (non-hydrogen) atoms. The summed E-state index contributed by atoms with van der Waals surface area (Å²) in [6.45, 7) is 6.88. The van der Waals surface area contributed by atoms with Gasteiger partial charge in [-0.05, 0) is 13.8 Å². The summed E-state index contributed by atoms with van der Waals surface area (Å²) >= 11 is 0. The van der Waals surface area contributed by atoms with Gasteiger partial charge in [0.2, 0.25) is 11.8 Å². The van der Waals surface area contributed by atoms with Crippen molar-refractivity contribution in [2.45, 2.75) is 33.2 Å². The van der Waals surface area contributed by atoms with Crippen molar-refractivity contribution >= 4 is 11.8 Å². The highest BCUT2D eigenvalue weighted by Gasteiger charge is 2.31. The van der Waals surface area contributed by atoms with Crippen LogP contribution in [0.25, 0.3) is 0 Å². The molecule has 0 aromatic heterocycles. The van der Waals surface area contributed by atoms with Crippen molar-refractivity contribution in [2.24, 2.45) is 5.92 Å². The van der Waals surface area contributed by atoms with Crippen molar-refractivity contribution in [1.82, 2.24) is 10.6 Å². The van der Waals surface area contributed by atoms with Crippen LogP contribution in [0.2, 0.25) is 0 Å². The van der Waals surface area contributed by atoms with Crippen LogP contribution in [0.3, 0.4) is 0 Å². The van der Waals surface area contributed by atoms with Crippen LogP contribution in [0.5, 0.6) is 0 Å². The lowest BCUT2D eigenvalue weighted by Crippen LogP contribution is -2.52. The van der Waals surface area contributed by atoms with Gasteiger partial charge in [0, 0.05) is 19.5 Å². The Balaban J connectivity index is 4.43. The van der Waals surface area contributed by atoms with Crippen LogP contribution in [0, 0.1) is 5.92 Å². The van der Waals surface area contributed by atoms with Gasteiger partial charge in [-0.3, -0.25) is 9.59 Å². The Bertz CT molecular complexity index is 212. The molecule has 2 amide bonds. The van der Waals surface area contributed by atoms with Crippen LogP contribution >= 0.6 is 0 Å². The fourth-order valence-corrected chi connectivity index (χ4v) is 1.11. The molecule has 0 spiro atoms. The average molecular weight is 186 g/mol. The lowest BCUT2D eigenvalue weighted by atomic mass is 9.88. The summed E-state index contributed by atoms with van der Waals surface area (Å²) < 4.78 is 0. The largest absolute Gasteiger partial charge is 0.359 e. The monoisotopic (exact) mass is 186 g/mol. The lowest BCUT2D eigenvalue weighted by Gasteiger charge is -2.31. The fourth-order valence-electron chi connectivity index (χ4n) is 1.11. The van der Waals surface area contributed by atoms with E-state index < -0.39 is 5.54 Å². The molecule has 76 valence electrons. The molecule has 4 heteroatoms. The second kappa shape index (κ2) is 4.25. The second-order valence-electron chi connectivity index (χ2n) is 3.74. The first-order valence-electron chi connectivity index (χ1n) is 4.31. The number of hydrogen-bond acceptors (Lipinski definition) is 2. The molecule has 0 aromatic rings.